The minimum atomic E-state index is -0.404. The molecule has 4 heteroatoms. The van der Waals surface area contributed by atoms with Crippen LogP contribution in [0.4, 0.5) is 0 Å². The maximum absolute atomic E-state index is 9.97. The summed E-state index contributed by atoms with van der Waals surface area (Å²) in [6, 6.07) is 1.93. The van der Waals surface area contributed by atoms with E-state index in [9.17, 15) is 5.11 Å². The van der Waals surface area contributed by atoms with Crippen molar-refractivity contribution in [2.24, 2.45) is 0 Å². The standard InChI is InChI=1S/C11H19N3O/c1-2-4-11(15)9-13(10-11)7-8-14-6-3-5-12-14/h3,5-6,15H,2,4,7-10H2,1H3. The summed E-state index contributed by atoms with van der Waals surface area (Å²) in [6.45, 7) is 5.65. The third kappa shape index (κ3) is 2.58. The van der Waals surface area contributed by atoms with E-state index in [-0.39, 0.29) is 0 Å². The topological polar surface area (TPSA) is 41.3 Å². The first-order valence-electron chi connectivity index (χ1n) is 5.64. The number of likely N-dealkylation sites (tertiary alicyclic amines) is 1. The van der Waals surface area contributed by atoms with Gasteiger partial charge in [-0.2, -0.15) is 5.10 Å². The predicted octanol–water partition coefficient (Wildman–Crippen LogP) is 0.730. The maximum atomic E-state index is 9.97. The average Bonchev–Trinajstić information content (AvgIpc) is 2.64. The molecule has 0 atom stereocenters. The molecule has 1 fully saturated rings. The number of rotatable bonds is 5. The molecule has 0 aromatic carbocycles. The molecular weight excluding hydrogens is 190 g/mol. The van der Waals surface area contributed by atoms with Crippen LogP contribution in [0.2, 0.25) is 0 Å². The lowest BCUT2D eigenvalue weighted by molar-refractivity contribution is -0.104. The van der Waals surface area contributed by atoms with Crippen LogP contribution in [-0.4, -0.2) is 45.0 Å². The summed E-state index contributed by atoms with van der Waals surface area (Å²) in [7, 11) is 0. The Bertz CT molecular complexity index is 291. The fourth-order valence-corrected chi connectivity index (χ4v) is 2.24. The monoisotopic (exact) mass is 209 g/mol. The molecule has 0 saturated carbocycles. The molecule has 1 aliphatic rings. The summed E-state index contributed by atoms with van der Waals surface area (Å²) in [5.74, 6) is 0. The van der Waals surface area contributed by atoms with E-state index in [1.165, 1.54) is 0 Å². The molecule has 1 aromatic heterocycles. The minimum absolute atomic E-state index is 0.404. The van der Waals surface area contributed by atoms with Crippen LogP contribution >= 0.6 is 0 Å². The summed E-state index contributed by atoms with van der Waals surface area (Å²) >= 11 is 0. The first-order valence-corrected chi connectivity index (χ1v) is 5.64. The molecule has 1 aromatic rings. The Labute approximate surface area is 90.5 Å². The fraction of sp³-hybridized carbons (Fsp3) is 0.727. The predicted molar refractivity (Wildman–Crippen MR) is 58.5 cm³/mol. The second kappa shape index (κ2) is 4.33. The van der Waals surface area contributed by atoms with Gasteiger partial charge in [-0.1, -0.05) is 13.3 Å². The van der Waals surface area contributed by atoms with Crippen molar-refractivity contribution in [3.05, 3.63) is 18.5 Å². The second-order valence-corrected chi connectivity index (χ2v) is 4.45. The molecule has 15 heavy (non-hydrogen) atoms. The second-order valence-electron chi connectivity index (χ2n) is 4.45. The van der Waals surface area contributed by atoms with E-state index >= 15 is 0 Å². The molecular formula is C11H19N3O. The molecule has 1 saturated heterocycles. The molecule has 0 amide bonds. The van der Waals surface area contributed by atoms with Crippen LogP contribution < -0.4 is 0 Å². The van der Waals surface area contributed by atoms with Crippen LogP contribution in [0.3, 0.4) is 0 Å². The van der Waals surface area contributed by atoms with E-state index in [0.717, 1.165) is 39.0 Å². The average molecular weight is 209 g/mol. The largest absolute Gasteiger partial charge is 0.387 e. The summed E-state index contributed by atoms with van der Waals surface area (Å²) in [4.78, 5) is 2.28. The van der Waals surface area contributed by atoms with Gasteiger partial charge in [-0.25, -0.2) is 0 Å². The SMILES string of the molecule is CCCC1(O)CN(CCn2cccn2)C1. The first-order chi connectivity index (χ1) is 7.22. The van der Waals surface area contributed by atoms with Gasteiger partial charge in [0.25, 0.3) is 0 Å². The molecule has 0 unspecified atom stereocenters. The number of nitrogens with zero attached hydrogens (tertiary/aromatic N) is 3. The van der Waals surface area contributed by atoms with Crippen molar-refractivity contribution in [1.82, 2.24) is 14.7 Å². The zero-order chi connectivity index (χ0) is 10.7. The molecule has 1 N–H and O–H groups in total. The Balaban J connectivity index is 1.68. The molecule has 0 bridgehead atoms. The van der Waals surface area contributed by atoms with Crippen LogP contribution in [0, 0.1) is 0 Å². The number of hydrogen-bond acceptors (Lipinski definition) is 3. The van der Waals surface area contributed by atoms with E-state index in [1.807, 2.05) is 16.9 Å². The fourth-order valence-electron chi connectivity index (χ4n) is 2.24. The van der Waals surface area contributed by atoms with Crippen LogP contribution in [-0.2, 0) is 6.54 Å². The summed E-state index contributed by atoms with van der Waals surface area (Å²) in [5.41, 5.74) is -0.404. The smallest absolute Gasteiger partial charge is 0.0900 e. The van der Waals surface area contributed by atoms with Crippen molar-refractivity contribution in [3.63, 3.8) is 0 Å². The minimum Gasteiger partial charge on any atom is -0.387 e. The number of aromatic nitrogens is 2. The third-order valence-electron chi connectivity index (χ3n) is 2.96. The molecule has 2 heterocycles. The highest BCUT2D eigenvalue weighted by Gasteiger charge is 2.39. The van der Waals surface area contributed by atoms with E-state index in [4.69, 9.17) is 0 Å². The van der Waals surface area contributed by atoms with Gasteiger partial charge in [-0.15, -0.1) is 0 Å². The van der Waals surface area contributed by atoms with Crippen molar-refractivity contribution >= 4 is 0 Å². The highest BCUT2D eigenvalue weighted by molar-refractivity contribution is 4.94. The van der Waals surface area contributed by atoms with Gasteiger partial charge < -0.3 is 5.11 Å². The lowest BCUT2D eigenvalue weighted by Gasteiger charge is -2.46. The lowest BCUT2D eigenvalue weighted by Crippen LogP contribution is -2.62. The van der Waals surface area contributed by atoms with Crippen molar-refractivity contribution in [2.75, 3.05) is 19.6 Å². The van der Waals surface area contributed by atoms with Gasteiger partial charge in [0.15, 0.2) is 0 Å². The molecule has 0 radical (unpaired) electrons. The van der Waals surface area contributed by atoms with Crippen molar-refractivity contribution in [1.29, 1.82) is 0 Å². The van der Waals surface area contributed by atoms with Gasteiger partial charge in [0.1, 0.15) is 0 Å². The van der Waals surface area contributed by atoms with E-state index in [2.05, 4.69) is 16.9 Å². The normalized spacial score (nSPS) is 20.1. The number of β-amino-alcohol motifs (C(OH)–C–C–N with tert-alkyl or cyclic N) is 1. The summed E-state index contributed by atoms with van der Waals surface area (Å²) in [6.07, 6.45) is 5.75. The third-order valence-corrected chi connectivity index (χ3v) is 2.96. The van der Waals surface area contributed by atoms with E-state index in [0.29, 0.717) is 0 Å². The van der Waals surface area contributed by atoms with Gasteiger partial charge in [0.2, 0.25) is 0 Å². The first kappa shape index (κ1) is 10.6. The van der Waals surface area contributed by atoms with Gasteiger partial charge in [0, 0.05) is 32.0 Å². The van der Waals surface area contributed by atoms with Crippen LogP contribution in [0.5, 0.6) is 0 Å². The van der Waals surface area contributed by atoms with Gasteiger partial charge >= 0.3 is 0 Å². The molecule has 4 nitrogen and oxygen atoms in total. The Hall–Kier alpha value is -0.870. The quantitative estimate of drug-likeness (QED) is 0.777. The Morgan fingerprint density at radius 1 is 1.40 bits per heavy atom. The Morgan fingerprint density at radius 2 is 2.20 bits per heavy atom. The summed E-state index contributed by atoms with van der Waals surface area (Å²) < 4.78 is 1.93. The maximum Gasteiger partial charge on any atom is 0.0900 e. The molecule has 0 aliphatic carbocycles. The number of aliphatic hydroxyl groups is 1. The molecule has 2 rings (SSSR count). The highest BCUT2D eigenvalue weighted by Crippen LogP contribution is 2.25. The van der Waals surface area contributed by atoms with Crippen LogP contribution in [0.1, 0.15) is 19.8 Å². The van der Waals surface area contributed by atoms with Gasteiger partial charge in [0.05, 0.1) is 12.1 Å². The zero-order valence-electron chi connectivity index (χ0n) is 9.26. The van der Waals surface area contributed by atoms with Gasteiger partial charge in [-0.05, 0) is 12.5 Å². The van der Waals surface area contributed by atoms with Crippen molar-refractivity contribution in [3.8, 4) is 0 Å². The molecule has 84 valence electrons. The lowest BCUT2D eigenvalue weighted by atomic mass is 9.89. The summed E-state index contributed by atoms with van der Waals surface area (Å²) in [5, 5.41) is 14.1. The van der Waals surface area contributed by atoms with Gasteiger partial charge in [-0.3, -0.25) is 9.58 Å². The zero-order valence-corrected chi connectivity index (χ0v) is 9.26. The van der Waals surface area contributed by atoms with E-state index in [1.54, 1.807) is 6.20 Å². The molecule has 0 spiro atoms. The van der Waals surface area contributed by atoms with Crippen LogP contribution in [0.25, 0.3) is 0 Å². The number of hydrogen-bond donors (Lipinski definition) is 1. The van der Waals surface area contributed by atoms with Crippen molar-refractivity contribution < 1.29 is 5.11 Å². The Morgan fingerprint density at radius 3 is 2.80 bits per heavy atom. The highest BCUT2D eigenvalue weighted by atomic mass is 16.3. The Kier molecular flexibility index (Phi) is 3.07. The van der Waals surface area contributed by atoms with Crippen LogP contribution in [0.15, 0.2) is 18.5 Å². The van der Waals surface area contributed by atoms with Crippen molar-refractivity contribution in [2.45, 2.75) is 31.9 Å². The molecule has 1 aliphatic heterocycles. The van der Waals surface area contributed by atoms with E-state index < -0.39 is 5.60 Å².